The van der Waals surface area contributed by atoms with Gasteiger partial charge in [0.05, 0.1) is 23.2 Å². The number of nitrogens with one attached hydrogen (secondary N) is 4. The molecule has 0 bridgehead atoms. The summed E-state index contributed by atoms with van der Waals surface area (Å²) in [5, 5.41) is 20.5. The van der Waals surface area contributed by atoms with Gasteiger partial charge in [-0.1, -0.05) is 48.5 Å². The number of benzene rings is 3. The largest absolute Gasteiger partial charge is 0.483 e. The fourth-order valence-electron chi connectivity index (χ4n) is 8.18. The van der Waals surface area contributed by atoms with E-state index in [0.717, 1.165) is 58.8 Å². The molecular weight excluding hydrogens is 831 g/mol. The summed E-state index contributed by atoms with van der Waals surface area (Å²) in [6, 6.07) is 30.1. The van der Waals surface area contributed by atoms with E-state index >= 15 is 0 Å². The number of rotatable bonds is 15. The molecule has 0 spiro atoms. The van der Waals surface area contributed by atoms with Crippen molar-refractivity contribution < 1.29 is 38.2 Å². The van der Waals surface area contributed by atoms with E-state index in [-0.39, 0.29) is 61.0 Å². The maximum Gasteiger partial charge on any atom is 0.322 e. The third kappa shape index (κ3) is 10.2. The molecule has 3 aliphatic rings. The molecule has 17 nitrogen and oxygen atoms in total. The van der Waals surface area contributed by atoms with Crippen LogP contribution in [0.25, 0.3) is 11.1 Å². The minimum absolute atomic E-state index is 0.00343. The summed E-state index contributed by atoms with van der Waals surface area (Å²) < 4.78 is 11.4. The Morgan fingerprint density at radius 3 is 2.29 bits per heavy atom. The molecule has 4 N–H and O–H groups in total. The minimum Gasteiger partial charge on any atom is -0.483 e. The smallest absolute Gasteiger partial charge is 0.322 e. The Labute approximate surface area is 374 Å². The first-order valence-electron chi connectivity index (χ1n) is 21.3. The Hall–Kier alpha value is -8.13. The summed E-state index contributed by atoms with van der Waals surface area (Å²) in [6.07, 6.45) is 6.50. The number of anilines is 2. The zero-order valence-corrected chi connectivity index (χ0v) is 35.2. The van der Waals surface area contributed by atoms with Crippen molar-refractivity contribution in [2.45, 2.75) is 63.2 Å². The summed E-state index contributed by atoms with van der Waals surface area (Å²) in [7, 11) is 0. The second-order valence-corrected chi connectivity index (χ2v) is 15.8. The number of ether oxygens (including phenoxy) is 2. The average Bonchev–Trinajstić information content (AvgIpc) is 3.59. The lowest BCUT2D eigenvalue weighted by atomic mass is 9.89. The quantitative estimate of drug-likeness (QED) is 0.0794. The zero-order chi connectivity index (χ0) is 45.3. The van der Waals surface area contributed by atoms with Gasteiger partial charge in [-0.3, -0.25) is 39.1 Å². The predicted octanol–water partition coefficient (Wildman–Crippen LogP) is 5.13. The average molecular weight is 876 g/mol. The van der Waals surface area contributed by atoms with Gasteiger partial charge in [-0.05, 0) is 85.7 Å². The molecule has 7 amide bonds. The number of hydrogen-bond donors (Lipinski definition) is 4. The van der Waals surface area contributed by atoms with Crippen LogP contribution in [0.1, 0.15) is 70.4 Å². The number of carbonyl (C=O) groups excluding carboxylic acids is 6. The lowest BCUT2D eigenvalue weighted by Crippen LogP contribution is -2.54. The van der Waals surface area contributed by atoms with Crippen molar-refractivity contribution in [3.63, 3.8) is 0 Å². The monoisotopic (exact) mass is 875 g/mol. The molecule has 1 saturated heterocycles. The molecule has 4 heterocycles. The molecule has 5 aromatic rings. The number of aromatic nitrogens is 2. The first-order chi connectivity index (χ1) is 31.6. The Morgan fingerprint density at radius 2 is 1.58 bits per heavy atom. The number of carbonyl (C=O) groups is 6. The van der Waals surface area contributed by atoms with Crippen LogP contribution in [0, 0.1) is 11.3 Å². The molecule has 17 heteroatoms. The van der Waals surface area contributed by atoms with Crippen LogP contribution in [0.4, 0.5) is 16.3 Å². The molecular formula is C48H45N9O8. The van der Waals surface area contributed by atoms with Crippen LogP contribution in [0.3, 0.4) is 0 Å². The molecule has 1 atom stereocenters. The van der Waals surface area contributed by atoms with Crippen molar-refractivity contribution in [1.82, 2.24) is 30.8 Å². The molecule has 3 aromatic carbocycles. The highest BCUT2D eigenvalue weighted by molar-refractivity contribution is 6.24. The highest BCUT2D eigenvalue weighted by Gasteiger charge is 2.46. The highest BCUT2D eigenvalue weighted by atomic mass is 16.5. The molecule has 65 heavy (non-hydrogen) atoms. The number of amides is 7. The Balaban J connectivity index is 0.823. The third-order valence-corrected chi connectivity index (χ3v) is 11.5. The standard InChI is InChI=1S/C48H45N9O8/c49-25-31-9-20-40(51-27-31)54-34-13-17-36(18-14-34)56(48(63)53-26-30-5-2-1-3-6-30)35-15-10-32(11-16-35)33-12-22-43(52-28-33)64-24-23-50-42(59)29-65-39-8-4-7-37-44(39)47(62)57(46(37)61)38-19-21-41(58)55-45(38)60/h1-12,15-16,20,22,27-28,34,36,38H,13-14,17-19,21,23-24,26,29H2,(H,50,59)(H,51,54)(H,53,63)(H,55,58,60)/t34-,36-,38?. The molecule has 8 rings (SSSR count). The van der Waals surface area contributed by atoms with E-state index in [1.54, 1.807) is 24.5 Å². The van der Waals surface area contributed by atoms with Gasteiger partial charge in [0.2, 0.25) is 17.7 Å². The van der Waals surface area contributed by atoms with E-state index in [9.17, 15) is 28.8 Å². The van der Waals surface area contributed by atoms with Crippen molar-refractivity contribution in [2.75, 3.05) is 30.0 Å². The van der Waals surface area contributed by atoms with Crippen molar-refractivity contribution in [3.8, 4) is 28.8 Å². The van der Waals surface area contributed by atoms with E-state index < -0.39 is 42.2 Å². The number of nitriles is 1. The zero-order valence-electron chi connectivity index (χ0n) is 35.2. The van der Waals surface area contributed by atoms with E-state index in [2.05, 4.69) is 37.3 Å². The van der Waals surface area contributed by atoms with Gasteiger partial charge in [-0.2, -0.15) is 5.26 Å². The first kappa shape index (κ1) is 43.5. The Morgan fingerprint density at radius 1 is 0.800 bits per heavy atom. The number of nitrogens with zero attached hydrogens (tertiary/aromatic N) is 5. The lowest BCUT2D eigenvalue weighted by molar-refractivity contribution is -0.136. The van der Waals surface area contributed by atoms with E-state index in [1.165, 1.54) is 18.2 Å². The molecule has 1 saturated carbocycles. The van der Waals surface area contributed by atoms with Gasteiger partial charge in [0, 0.05) is 54.8 Å². The number of urea groups is 1. The molecule has 330 valence electrons. The highest BCUT2D eigenvalue weighted by Crippen LogP contribution is 2.34. The second kappa shape index (κ2) is 19.9. The second-order valence-electron chi connectivity index (χ2n) is 15.8. The van der Waals surface area contributed by atoms with Crippen LogP contribution in [0.5, 0.6) is 11.6 Å². The number of imide groups is 2. The van der Waals surface area contributed by atoms with Crippen LogP contribution >= 0.6 is 0 Å². The molecule has 0 radical (unpaired) electrons. The number of hydrogen-bond acceptors (Lipinski definition) is 12. The Bertz CT molecular complexity index is 2610. The maximum absolute atomic E-state index is 13.9. The lowest BCUT2D eigenvalue weighted by Gasteiger charge is -2.37. The van der Waals surface area contributed by atoms with Crippen molar-refractivity contribution in [3.05, 3.63) is 132 Å². The first-order valence-corrected chi connectivity index (χ1v) is 21.3. The van der Waals surface area contributed by atoms with Crippen LogP contribution in [-0.4, -0.2) is 88.3 Å². The van der Waals surface area contributed by atoms with Gasteiger partial charge >= 0.3 is 6.03 Å². The molecule has 1 aliphatic carbocycles. The van der Waals surface area contributed by atoms with E-state index in [1.807, 2.05) is 71.6 Å². The van der Waals surface area contributed by atoms with Crippen molar-refractivity contribution in [1.29, 1.82) is 5.26 Å². The number of fused-ring (bicyclic) bond motifs is 1. The van der Waals surface area contributed by atoms with Crippen LogP contribution in [0.2, 0.25) is 0 Å². The summed E-state index contributed by atoms with van der Waals surface area (Å²) in [5.41, 5.74) is 4.02. The molecule has 2 aromatic heterocycles. The van der Waals surface area contributed by atoms with Gasteiger partial charge in [0.25, 0.3) is 17.7 Å². The summed E-state index contributed by atoms with van der Waals surface area (Å²) in [5.74, 6) is -2.00. The van der Waals surface area contributed by atoms with Gasteiger partial charge < -0.3 is 25.4 Å². The van der Waals surface area contributed by atoms with Crippen molar-refractivity contribution in [2.24, 2.45) is 0 Å². The fourth-order valence-corrected chi connectivity index (χ4v) is 8.18. The van der Waals surface area contributed by atoms with Crippen molar-refractivity contribution >= 4 is 47.1 Å². The van der Waals surface area contributed by atoms with Gasteiger partial charge in [-0.25, -0.2) is 14.8 Å². The number of piperidine rings is 1. The topological polar surface area (TPSA) is 225 Å². The van der Waals surface area contributed by atoms with Crippen LogP contribution in [0.15, 0.2) is 109 Å². The minimum atomic E-state index is -1.12. The summed E-state index contributed by atoms with van der Waals surface area (Å²) >= 11 is 0. The molecule has 1 unspecified atom stereocenters. The SMILES string of the molecule is N#Cc1ccc(N[C@H]2CC[C@H](N(C(=O)NCc3ccccc3)c3ccc(-c4ccc(OCCNC(=O)COc5cccc6c5C(=O)N(C5CCC(=O)NC5=O)C6=O)nc4)cc3)CC2)nc1. The van der Waals surface area contributed by atoms with E-state index in [4.69, 9.17) is 14.7 Å². The van der Waals surface area contributed by atoms with Gasteiger partial charge in [-0.15, -0.1) is 0 Å². The van der Waals surface area contributed by atoms with Gasteiger partial charge in [0.1, 0.15) is 30.3 Å². The number of pyridine rings is 2. The molecule has 2 aliphatic heterocycles. The Kier molecular flexibility index (Phi) is 13.3. The van der Waals surface area contributed by atoms with Crippen LogP contribution in [-0.2, 0) is 20.9 Å². The van der Waals surface area contributed by atoms with Crippen LogP contribution < -0.4 is 35.6 Å². The van der Waals surface area contributed by atoms with E-state index in [0.29, 0.717) is 18.0 Å². The third-order valence-electron chi connectivity index (χ3n) is 11.5. The maximum atomic E-state index is 13.9. The normalized spacial score (nSPS) is 17.9. The summed E-state index contributed by atoms with van der Waals surface area (Å²) in [4.78, 5) is 88.4. The predicted molar refractivity (Wildman–Crippen MR) is 237 cm³/mol. The van der Waals surface area contributed by atoms with Gasteiger partial charge in [0.15, 0.2) is 6.61 Å². The summed E-state index contributed by atoms with van der Waals surface area (Å²) in [6.45, 7) is 0.182. The fraction of sp³-hybridized carbons (Fsp3) is 0.271. The molecule has 2 fully saturated rings.